The minimum atomic E-state index is 0.564. The number of nitrogens with zero attached hydrogens (tertiary/aromatic N) is 2. The highest BCUT2D eigenvalue weighted by atomic mass is 16.5. The van der Waals surface area contributed by atoms with Crippen molar-refractivity contribution in [2.24, 2.45) is 0 Å². The first-order chi connectivity index (χ1) is 7.29. The molecule has 0 atom stereocenters. The van der Waals surface area contributed by atoms with Crippen molar-refractivity contribution in [3.8, 4) is 0 Å². The Balaban J connectivity index is 1.85. The monoisotopic (exact) mass is 211 g/mol. The number of rotatable bonds is 8. The van der Waals surface area contributed by atoms with E-state index in [0.717, 1.165) is 32.7 Å². The Kier molecular flexibility index (Phi) is 6.04. The van der Waals surface area contributed by atoms with Gasteiger partial charge in [0.05, 0.1) is 13.2 Å². The summed E-state index contributed by atoms with van der Waals surface area (Å²) < 4.78 is 7.37. The van der Waals surface area contributed by atoms with E-state index in [1.54, 1.807) is 6.20 Å². The maximum absolute atomic E-state index is 5.49. The van der Waals surface area contributed by atoms with Gasteiger partial charge in [-0.2, -0.15) is 5.10 Å². The van der Waals surface area contributed by atoms with Crippen molar-refractivity contribution in [3.05, 3.63) is 18.5 Å². The van der Waals surface area contributed by atoms with E-state index in [-0.39, 0.29) is 0 Å². The molecule has 0 saturated heterocycles. The minimum Gasteiger partial charge on any atom is -0.379 e. The van der Waals surface area contributed by atoms with E-state index in [0.29, 0.717) is 6.04 Å². The third kappa shape index (κ3) is 6.25. The third-order valence-electron chi connectivity index (χ3n) is 2.04. The van der Waals surface area contributed by atoms with Gasteiger partial charge in [0.25, 0.3) is 0 Å². The van der Waals surface area contributed by atoms with Crippen LogP contribution in [-0.2, 0) is 11.3 Å². The van der Waals surface area contributed by atoms with Crippen molar-refractivity contribution in [1.82, 2.24) is 15.1 Å². The minimum absolute atomic E-state index is 0.564. The second-order valence-corrected chi connectivity index (χ2v) is 3.84. The van der Waals surface area contributed by atoms with Crippen LogP contribution >= 0.6 is 0 Å². The molecule has 0 aliphatic carbocycles. The second kappa shape index (κ2) is 7.43. The van der Waals surface area contributed by atoms with Crippen LogP contribution in [0, 0.1) is 0 Å². The Morgan fingerprint density at radius 2 is 2.27 bits per heavy atom. The van der Waals surface area contributed by atoms with Gasteiger partial charge in [-0.05, 0) is 19.0 Å². The number of hydrogen-bond donors (Lipinski definition) is 1. The molecule has 1 aromatic heterocycles. The van der Waals surface area contributed by atoms with Crippen LogP contribution in [0.2, 0.25) is 0 Å². The summed E-state index contributed by atoms with van der Waals surface area (Å²) >= 11 is 0. The molecule has 0 saturated carbocycles. The number of aromatic nitrogens is 2. The Hall–Kier alpha value is -0.870. The number of nitrogens with one attached hydrogen (secondary N) is 1. The van der Waals surface area contributed by atoms with E-state index in [2.05, 4.69) is 24.3 Å². The zero-order valence-electron chi connectivity index (χ0n) is 9.65. The fourth-order valence-electron chi connectivity index (χ4n) is 1.26. The predicted octanol–water partition coefficient (Wildman–Crippen LogP) is 1.29. The molecule has 1 heterocycles. The molecule has 4 nitrogen and oxygen atoms in total. The molecule has 15 heavy (non-hydrogen) atoms. The van der Waals surface area contributed by atoms with Crippen LogP contribution in [0.4, 0.5) is 0 Å². The first kappa shape index (κ1) is 12.2. The third-order valence-corrected chi connectivity index (χ3v) is 2.04. The van der Waals surface area contributed by atoms with E-state index in [4.69, 9.17) is 4.74 Å². The van der Waals surface area contributed by atoms with Crippen molar-refractivity contribution >= 4 is 0 Å². The van der Waals surface area contributed by atoms with Crippen LogP contribution in [-0.4, -0.2) is 35.6 Å². The van der Waals surface area contributed by atoms with Gasteiger partial charge in [0, 0.05) is 25.0 Å². The molecule has 0 aromatic carbocycles. The Bertz CT molecular complexity index is 234. The smallest absolute Gasteiger partial charge is 0.0662 e. The molecule has 1 N–H and O–H groups in total. The number of ether oxygens (including phenoxy) is 1. The van der Waals surface area contributed by atoms with E-state index < -0.39 is 0 Å². The lowest BCUT2D eigenvalue weighted by Gasteiger charge is -2.08. The van der Waals surface area contributed by atoms with Crippen LogP contribution in [0.3, 0.4) is 0 Å². The van der Waals surface area contributed by atoms with Crippen molar-refractivity contribution in [3.63, 3.8) is 0 Å². The molecule has 0 bridgehead atoms. The van der Waals surface area contributed by atoms with Gasteiger partial charge < -0.3 is 10.1 Å². The molecule has 86 valence electrons. The first-order valence-electron chi connectivity index (χ1n) is 5.57. The van der Waals surface area contributed by atoms with Crippen LogP contribution in [0.15, 0.2) is 18.5 Å². The molecule has 0 radical (unpaired) electrons. The van der Waals surface area contributed by atoms with Crippen molar-refractivity contribution in [1.29, 1.82) is 0 Å². The highest BCUT2D eigenvalue weighted by molar-refractivity contribution is 4.77. The second-order valence-electron chi connectivity index (χ2n) is 3.84. The molecular formula is C11H21N3O. The average molecular weight is 211 g/mol. The van der Waals surface area contributed by atoms with Gasteiger partial charge >= 0.3 is 0 Å². The van der Waals surface area contributed by atoms with Gasteiger partial charge in [0.15, 0.2) is 0 Å². The Morgan fingerprint density at radius 1 is 1.40 bits per heavy atom. The molecule has 4 heteroatoms. The van der Waals surface area contributed by atoms with Crippen LogP contribution in [0.1, 0.15) is 20.3 Å². The summed E-state index contributed by atoms with van der Waals surface area (Å²) in [5.41, 5.74) is 0. The van der Waals surface area contributed by atoms with Gasteiger partial charge in [0.1, 0.15) is 0 Å². The lowest BCUT2D eigenvalue weighted by atomic mass is 10.3. The van der Waals surface area contributed by atoms with E-state index in [9.17, 15) is 0 Å². The first-order valence-corrected chi connectivity index (χ1v) is 5.57. The van der Waals surface area contributed by atoms with Gasteiger partial charge in [-0.1, -0.05) is 13.8 Å². The molecule has 0 aliphatic rings. The summed E-state index contributed by atoms with van der Waals surface area (Å²) in [4.78, 5) is 0. The fourth-order valence-corrected chi connectivity index (χ4v) is 1.26. The van der Waals surface area contributed by atoms with Crippen LogP contribution in [0.25, 0.3) is 0 Å². The quantitative estimate of drug-likeness (QED) is 0.659. The molecule has 0 aliphatic heterocycles. The van der Waals surface area contributed by atoms with Gasteiger partial charge in [-0.3, -0.25) is 4.68 Å². The summed E-state index contributed by atoms with van der Waals surface area (Å²) in [6, 6.07) is 2.49. The summed E-state index contributed by atoms with van der Waals surface area (Å²) in [6.07, 6.45) is 4.80. The number of hydrogen-bond acceptors (Lipinski definition) is 3. The fraction of sp³-hybridized carbons (Fsp3) is 0.727. The average Bonchev–Trinajstić information content (AvgIpc) is 2.68. The molecule has 0 unspecified atom stereocenters. The summed E-state index contributed by atoms with van der Waals surface area (Å²) in [6.45, 7) is 7.73. The summed E-state index contributed by atoms with van der Waals surface area (Å²) in [5.74, 6) is 0. The van der Waals surface area contributed by atoms with Crippen molar-refractivity contribution in [2.75, 3.05) is 19.8 Å². The molecule has 1 aromatic rings. The zero-order chi connectivity index (χ0) is 10.9. The van der Waals surface area contributed by atoms with Crippen LogP contribution < -0.4 is 5.32 Å². The van der Waals surface area contributed by atoms with E-state index in [1.165, 1.54) is 0 Å². The Morgan fingerprint density at radius 3 is 2.93 bits per heavy atom. The predicted molar refractivity (Wildman–Crippen MR) is 60.8 cm³/mol. The lowest BCUT2D eigenvalue weighted by molar-refractivity contribution is 0.121. The molecule has 0 fully saturated rings. The summed E-state index contributed by atoms with van der Waals surface area (Å²) in [7, 11) is 0. The van der Waals surface area contributed by atoms with E-state index in [1.807, 2.05) is 16.9 Å². The Labute approximate surface area is 91.6 Å². The van der Waals surface area contributed by atoms with Gasteiger partial charge in [-0.25, -0.2) is 0 Å². The molecule has 0 amide bonds. The molecule has 1 rings (SSSR count). The van der Waals surface area contributed by atoms with E-state index >= 15 is 0 Å². The lowest BCUT2D eigenvalue weighted by Crippen LogP contribution is -2.24. The zero-order valence-corrected chi connectivity index (χ0v) is 9.65. The van der Waals surface area contributed by atoms with Crippen LogP contribution in [0.5, 0.6) is 0 Å². The maximum atomic E-state index is 5.49. The standard InChI is InChI=1S/C11H21N3O/c1-11(2)12-5-4-9-15-10-8-14-7-3-6-13-14/h3,6-7,11-12H,4-5,8-10H2,1-2H3. The normalized spacial score (nSPS) is 11.1. The molecular weight excluding hydrogens is 190 g/mol. The topological polar surface area (TPSA) is 39.1 Å². The van der Waals surface area contributed by atoms with Gasteiger partial charge in [-0.15, -0.1) is 0 Å². The largest absolute Gasteiger partial charge is 0.379 e. The van der Waals surface area contributed by atoms with Crippen molar-refractivity contribution < 1.29 is 4.74 Å². The maximum Gasteiger partial charge on any atom is 0.0662 e. The highest BCUT2D eigenvalue weighted by Gasteiger charge is 1.93. The van der Waals surface area contributed by atoms with Crippen molar-refractivity contribution in [2.45, 2.75) is 32.9 Å². The highest BCUT2D eigenvalue weighted by Crippen LogP contribution is 1.87. The van der Waals surface area contributed by atoms with Gasteiger partial charge in [0.2, 0.25) is 0 Å². The molecule has 0 spiro atoms. The summed E-state index contributed by atoms with van der Waals surface area (Å²) in [5, 5.41) is 7.45. The SMILES string of the molecule is CC(C)NCCCOCCn1cccn1.